The van der Waals surface area contributed by atoms with Crippen molar-refractivity contribution in [2.45, 2.75) is 6.54 Å². The maximum atomic E-state index is 11.6. The van der Waals surface area contributed by atoms with E-state index in [0.29, 0.717) is 14.5 Å². The maximum Gasteiger partial charge on any atom is 0.490 e. The summed E-state index contributed by atoms with van der Waals surface area (Å²) >= 11 is 6.44. The van der Waals surface area contributed by atoms with E-state index in [2.05, 4.69) is 52.5 Å². The van der Waals surface area contributed by atoms with Crippen molar-refractivity contribution in [2.24, 2.45) is 5.10 Å². The Morgan fingerprint density at radius 2 is 2.26 bits per heavy atom. The second-order valence-electron chi connectivity index (χ2n) is 4.12. The summed E-state index contributed by atoms with van der Waals surface area (Å²) in [6.45, 7) is -0.285. The van der Waals surface area contributed by atoms with E-state index in [1.165, 1.54) is 6.21 Å². The minimum Gasteiger partial charge on any atom is -0.506 e. The van der Waals surface area contributed by atoms with E-state index < -0.39 is 16.8 Å². The number of phenolic OH excluding ortho intramolecular Hbond substituents is 1. The van der Waals surface area contributed by atoms with Crippen molar-refractivity contribution in [2.75, 3.05) is 0 Å². The first-order valence-electron chi connectivity index (χ1n) is 5.90. The molecule has 1 heterocycles. The summed E-state index contributed by atoms with van der Waals surface area (Å²) < 4.78 is 2.19. The van der Waals surface area contributed by atoms with Crippen LogP contribution in [0.5, 0.6) is 5.75 Å². The van der Waals surface area contributed by atoms with Crippen molar-refractivity contribution >= 4 is 49.9 Å². The van der Waals surface area contributed by atoms with Gasteiger partial charge in [-0.2, -0.15) is 9.78 Å². The van der Waals surface area contributed by atoms with Crippen LogP contribution in [0.3, 0.4) is 0 Å². The number of carbonyl (C=O) groups excluding carboxylic acids is 1. The molecule has 0 atom stereocenters. The van der Waals surface area contributed by atoms with Gasteiger partial charge in [0.2, 0.25) is 6.33 Å². The third kappa shape index (κ3) is 4.56. The molecule has 0 bridgehead atoms. The summed E-state index contributed by atoms with van der Waals surface area (Å²) in [4.78, 5) is 24.7. The number of aromatic hydroxyl groups is 1. The van der Waals surface area contributed by atoms with E-state index >= 15 is 0 Å². The van der Waals surface area contributed by atoms with Gasteiger partial charge in [0.25, 0.3) is 5.91 Å². The van der Waals surface area contributed by atoms with Gasteiger partial charge in [-0.15, -0.1) is 0 Å². The monoisotopic (exact) mass is 446 g/mol. The molecule has 2 aromatic rings. The van der Waals surface area contributed by atoms with Crippen LogP contribution in [-0.2, 0) is 11.3 Å². The number of phenols is 1. The van der Waals surface area contributed by atoms with Crippen LogP contribution >= 0.6 is 31.9 Å². The number of hydrogen-bond acceptors (Lipinski definition) is 7. The Balaban J connectivity index is 1.97. The van der Waals surface area contributed by atoms with Gasteiger partial charge in [-0.05, 0) is 33.0 Å². The Morgan fingerprint density at radius 3 is 2.91 bits per heavy atom. The van der Waals surface area contributed by atoms with Crippen molar-refractivity contribution < 1.29 is 14.8 Å². The average Bonchev–Trinajstić information content (AvgIpc) is 2.92. The summed E-state index contributed by atoms with van der Waals surface area (Å²) in [7, 11) is 0. The molecular formula is C11H8Br2N6O4. The zero-order valence-electron chi connectivity index (χ0n) is 11.2. The topological polar surface area (TPSA) is 136 Å². The first-order valence-corrected chi connectivity index (χ1v) is 7.49. The van der Waals surface area contributed by atoms with Crippen molar-refractivity contribution in [3.05, 3.63) is 43.1 Å². The van der Waals surface area contributed by atoms with Gasteiger partial charge in [-0.3, -0.25) is 4.79 Å². The highest BCUT2D eigenvalue weighted by atomic mass is 79.9. The van der Waals surface area contributed by atoms with Gasteiger partial charge >= 0.3 is 5.95 Å². The lowest BCUT2D eigenvalue weighted by Gasteiger charge is -2.03. The number of hydrogen-bond donors (Lipinski definition) is 2. The number of halogens is 2. The van der Waals surface area contributed by atoms with E-state index in [1.54, 1.807) is 12.1 Å². The smallest absolute Gasteiger partial charge is 0.490 e. The number of nitrogens with one attached hydrogen (secondary N) is 1. The summed E-state index contributed by atoms with van der Waals surface area (Å²) in [6.07, 6.45) is 2.32. The molecule has 2 rings (SSSR count). The number of carbonyl (C=O) groups is 1. The number of nitrogens with zero attached hydrogens (tertiary/aromatic N) is 5. The fourth-order valence-electron chi connectivity index (χ4n) is 1.49. The highest BCUT2D eigenvalue weighted by Crippen LogP contribution is 2.30. The zero-order chi connectivity index (χ0) is 17.0. The number of hydrazone groups is 1. The largest absolute Gasteiger partial charge is 0.506 e. The standard InChI is InChI=1S/C11H8Br2N6O4/c12-7-1-6(10(21)8(13)2-7)3-15-16-9(20)4-18-5-14-11(17-18)19(22)23/h1-3,5,21H,4H2,(H,16,20)/b15-3-. The van der Waals surface area contributed by atoms with Crippen LogP contribution in [0.25, 0.3) is 0 Å². The van der Waals surface area contributed by atoms with E-state index in [9.17, 15) is 20.0 Å². The molecule has 23 heavy (non-hydrogen) atoms. The fourth-order valence-corrected chi connectivity index (χ4v) is 2.74. The molecule has 0 fully saturated rings. The molecule has 1 aromatic heterocycles. The van der Waals surface area contributed by atoms with E-state index in [1.807, 2.05) is 0 Å². The normalized spacial score (nSPS) is 10.9. The molecule has 0 aliphatic rings. The third-order valence-electron chi connectivity index (χ3n) is 2.44. The SMILES string of the molecule is O=C(Cn1cnc([N+](=O)[O-])n1)N/N=C\c1cc(Br)cc(Br)c1O. The van der Waals surface area contributed by atoms with Crippen LogP contribution in [0.15, 0.2) is 32.5 Å². The molecule has 12 heteroatoms. The summed E-state index contributed by atoms with van der Waals surface area (Å²) in [5, 5.41) is 27.4. The van der Waals surface area contributed by atoms with Gasteiger partial charge in [0, 0.05) is 15.1 Å². The lowest BCUT2D eigenvalue weighted by molar-refractivity contribution is -0.394. The summed E-state index contributed by atoms with van der Waals surface area (Å²) in [5.74, 6) is -1.18. The molecule has 120 valence electrons. The molecule has 0 unspecified atom stereocenters. The van der Waals surface area contributed by atoms with Crippen molar-refractivity contribution in [1.82, 2.24) is 20.2 Å². The molecule has 0 spiro atoms. The number of amides is 1. The fraction of sp³-hybridized carbons (Fsp3) is 0.0909. The molecule has 10 nitrogen and oxygen atoms in total. The third-order valence-corrected chi connectivity index (χ3v) is 3.51. The Kier molecular flexibility index (Phi) is 5.39. The van der Waals surface area contributed by atoms with E-state index in [4.69, 9.17) is 0 Å². The summed E-state index contributed by atoms with van der Waals surface area (Å²) in [6, 6.07) is 3.26. The maximum absolute atomic E-state index is 11.6. The molecule has 2 N–H and O–H groups in total. The highest BCUT2D eigenvalue weighted by molar-refractivity contribution is 9.11. The second kappa shape index (κ2) is 7.28. The van der Waals surface area contributed by atoms with Gasteiger partial charge in [0.05, 0.1) is 10.7 Å². The molecule has 1 aromatic carbocycles. The van der Waals surface area contributed by atoms with Crippen LogP contribution in [0.4, 0.5) is 5.95 Å². The van der Waals surface area contributed by atoms with Crippen LogP contribution in [0.2, 0.25) is 0 Å². The lowest BCUT2D eigenvalue weighted by atomic mass is 10.2. The second-order valence-corrected chi connectivity index (χ2v) is 5.89. The molecule has 0 aliphatic carbocycles. The molecule has 1 amide bonds. The van der Waals surface area contributed by atoms with Crippen LogP contribution < -0.4 is 5.43 Å². The van der Waals surface area contributed by atoms with Crippen LogP contribution in [-0.4, -0.2) is 36.9 Å². The minimum absolute atomic E-state index is 0.0295. The Hall–Kier alpha value is -2.34. The molecule has 0 aliphatic heterocycles. The van der Waals surface area contributed by atoms with Crippen LogP contribution in [0, 0.1) is 10.1 Å². The Morgan fingerprint density at radius 1 is 1.52 bits per heavy atom. The Labute approximate surface area is 145 Å². The highest BCUT2D eigenvalue weighted by Gasteiger charge is 2.14. The lowest BCUT2D eigenvalue weighted by Crippen LogP contribution is -2.23. The van der Waals surface area contributed by atoms with Crippen molar-refractivity contribution in [3.8, 4) is 5.75 Å². The quantitative estimate of drug-likeness (QED) is 0.405. The van der Waals surface area contributed by atoms with Crippen LogP contribution in [0.1, 0.15) is 5.56 Å². The average molecular weight is 448 g/mol. The Bertz CT molecular complexity index is 791. The van der Waals surface area contributed by atoms with Gasteiger partial charge in [0.1, 0.15) is 12.3 Å². The van der Waals surface area contributed by atoms with E-state index in [0.717, 1.165) is 11.0 Å². The summed E-state index contributed by atoms with van der Waals surface area (Å²) in [5.41, 5.74) is 2.59. The number of nitro groups is 1. The minimum atomic E-state index is -0.763. The number of rotatable bonds is 5. The predicted molar refractivity (Wildman–Crippen MR) is 85.9 cm³/mol. The zero-order valence-corrected chi connectivity index (χ0v) is 14.4. The molecule has 0 radical (unpaired) electrons. The first-order chi connectivity index (χ1) is 10.9. The number of aromatic nitrogens is 3. The number of benzene rings is 1. The first kappa shape index (κ1) is 17.0. The van der Waals surface area contributed by atoms with Gasteiger partial charge in [0.15, 0.2) is 0 Å². The predicted octanol–water partition coefficient (Wildman–Crippen LogP) is 1.57. The molecular weight excluding hydrogens is 440 g/mol. The van der Waals surface area contributed by atoms with Crippen molar-refractivity contribution in [1.29, 1.82) is 0 Å². The van der Waals surface area contributed by atoms with Gasteiger partial charge in [-0.1, -0.05) is 20.9 Å². The molecule has 0 saturated carbocycles. The van der Waals surface area contributed by atoms with Crippen molar-refractivity contribution in [3.63, 3.8) is 0 Å². The van der Waals surface area contributed by atoms with Gasteiger partial charge in [-0.25, -0.2) is 5.43 Å². The van der Waals surface area contributed by atoms with E-state index in [-0.39, 0.29) is 12.3 Å². The van der Waals surface area contributed by atoms with Gasteiger partial charge < -0.3 is 15.2 Å². The molecule has 0 saturated heterocycles.